The molecule has 1 aromatic heterocycles. The van der Waals surface area contributed by atoms with Crippen molar-refractivity contribution in [3.05, 3.63) is 24.0 Å². The summed E-state index contributed by atoms with van der Waals surface area (Å²) in [5.74, 6) is -1.29. The van der Waals surface area contributed by atoms with Gasteiger partial charge in [0.2, 0.25) is 5.91 Å². The Morgan fingerprint density at radius 1 is 1.33 bits per heavy atom. The van der Waals surface area contributed by atoms with Gasteiger partial charge in [0.15, 0.2) is 0 Å². The summed E-state index contributed by atoms with van der Waals surface area (Å²) in [5, 5.41) is 12.0. The fourth-order valence-electron chi connectivity index (χ4n) is 3.02. The molecule has 1 aliphatic rings. The van der Waals surface area contributed by atoms with Gasteiger partial charge in [-0.3, -0.25) is 9.59 Å². The fourth-order valence-corrected chi connectivity index (χ4v) is 3.02. The van der Waals surface area contributed by atoms with E-state index in [1.54, 1.807) is 6.07 Å². The third-order valence-electron chi connectivity index (χ3n) is 4.04. The fraction of sp³-hybridized carbons (Fsp3) is 0.400. The number of aromatic amines is 1. The quantitative estimate of drug-likeness (QED) is 0.807. The molecule has 21 heavy (non-hydrogen) atoms. The number of hydrogen-bond acceptors (Lipinski definition) is 3. The van der Waals surface area contributed by atoms with Crippen LogP contribution in [0.4, 0.5) is 5.69 Å². The monoisotopic (exact) mass is 287 g/mol. The molecular formula is C15H17N3O3. The molecule has 3 N–H and O–H groups in total. The Labute approximate surface area is 121 Å². The number of benzene rings is 1. The van der Waals surface area contributed by atoms with Crippen LogP contribution < -0.4 is 5.32 Å². The Kier molecular flexibility index (Phi) is 3.37. The molecule has 3 rings (SSSR count). The molecule has 0 aliphatic heterocycles. The maximum absolute atomic E-state index is 12.3. The van der Waals surface area contributed by atoms with Gasteiger partial charge in [0, 0.05) is 5.69 Å². The van der Waals surface area contributed by atoms with Crippen molar-refractivity contribution in [2.75, 3.05) is 5.32 Å². The minimum Gasteiger partial charge on any atom is -0.481 e. The number of amides is 1. The summed E-state index contributed by atoms with van der Waals surface area (Å²) in [6.07, 6.45) is 1.99. The van der Waals surface area contributed by atoms with Gasteiger partial charge in [-0.15, -0.1) is 0 Å². The average molecular weight is 287 g/mol. The molecule has 1 aliphatic carbocycles. The van der Waals surface area contributed by atoms with Gasteiger partial charge in [0.1, 0.15) is 5.82 Å². The van der Waals surface area contributed by atoms with Gasteiger partial charge in [0.05, 0.1) is 22.9 Å². The minimum atomic E-state index is -0.882. The summed E-state index contributed by atoms with van der Waals surface area (Å²) in [4.78, 5) is 30.8. The van der Waals surface area contributed by atoms with E-state index in [1.165, 1.54) is 0 Å². The number of nitrogens with zero attached hydrogens (tertiary/aromatic N) is 1. The molecule has 2 atom stereocenters. The number of carbonyl (C=O) groups is 2. The van der Waals surface area contributed by atoms with Crippen LogP contribution in [-0.4, -0.2) is 27.0 Å². The van der Waals surface area contributed by atoms with Gasteiger partial charge in [-0.2, -0.15) is 0 Å². The van der Waals surface area contributed by atoms with Gasteiger partial charge in [-0.25, -0.2) is 4.98 Å². The van der Waals surface area contributed by atoms with Crippen LogP contribution in [0.3, 0.4) is 0 Å². The zero-order valence-corrected chi connectivity index (χ0v) is 11.7. The Hall–Kier alpha value is -2.37. The van der Waals surface area contributed by atoms with E-state index in [0.29, 0.717) is 18.5 Å². The van der Waals surface area contributed by atoms with Crippen molar-refractivity contribution >= 4 is 28.6 Å². The summed E-state index contributed by atoms with van der Waals surface area (Å²) in [5.41, 5.74) is 2.36. The first kappa shape index (κ1) is 13.6. The maximum atomic E-state index is 12.3. The molecule has 1 heterocycles. The molecule has 2 aromatic rings. The minimum absolute atomic E-state index is 0.213. The lowest BCUT2D eigenvalue weighted by molar-refractivity contribution is -0.145. The summed E-state index contributed by atoms with van der Waals surface area (Å²) < 4.78 is 0. The van der Waals surface area contributed by atoms with Gasteiger partial charge >= 0.3 is 5.97 Å². The SMILES string of the molecule is Cc1nc2ccc(NC(=O)[C@@H]3CCC[C@@H]3C(=O)O)cc2[nH]1. The number of aromatic nitrogens is 2. The molecule has 0 spiro atoms. The van der Waals surface area contributed by atoms with E-state index in [2.05, 4.69) is 15.3 Å². The third-order valence-corrected chi connectivity index (χ3v) is 4.04. The molecule has 1 aromatic carbocycles. The highest BCUT2D eigenvalue weighted by atomic mass is 16.4. The molecule has 0 saturated heterocycles. The van der Waals surface area contributed by atoms with Crippen molar-refractivity contribution < 1.29 is 14.7 Å². The molecule has 110 valence electrons. The molecule has 6 heteroatoms. The van der Waals surface area contributed by atoms with Crippen LogP contribution in [0.25, 0.3) is 11.0 Å². The second-order valence-electron chi connectivity index (χ2n) is 5.53. The lowest BCUT2D eigenvalue weighted by Gasteiger charge is -2.15. The van der Waals surface area contributed by atoms with Crippen molar-refractivity contribution in [3.8, 4) is 0 Å². The highest BCUT2D eigenvalue weighted by Crippen LogP contribution is 2.33. The summed E-state index contributed by atoms with van der Waals surface area (Å²) in [6, 6.07) is 5.43. The summed E-state index contributed by atoms with van der Waals surface area (Å²) in [6.45, 7) is 1.87. The highest BCUT2D eigenvalue weighted by Gasteiger charge is 2.37. The van der Waals surface area contributed by atoms with E-state index in [0.717, 1.165) is 23.3 Å². The Morgan fingerprint density at radius 2 is 2.10 bits per heavy atom. The normalized spacial score (nSPS) is 21.6. The van der Waals surface area contributed by atoms with Crippen LogP contribution in [0.1, 0.15) is 25.1 Å². The number of nitrogens with one attached hydrogen (secondary N) is 2. The van der Waals surface area contributed by atoms with Gasteiger partial charge in [-0.05, 0) is 38.0 Å². The number of aryl methyl sites for hydroxylation is 1. The predicted octanol–water partition coefficient (Wildman–Crippen LogP) is 2.31. The number of imidazole rings is 1. The lowest BCUT2D eigenvalue weighted by Crippen LogP contribution is -2.29. The standard InChI is InChI=1S/C15H17N3O3/c1-8-16-12-6-5-9(7-13(12)17-8)18-14(19)10-3-2-4-11(10)15(20)21/h5-7,10-11H,2-4H2,1H3,(H,16,17)(H,18,19)(H,20,21)/t10-,11+/m1/s1. The van der Waals surface area contributed by atoms with Crippen molar-refractivity contribution in [1.29, 1.82) is 0 Å². The maximum Gasteiger partial charge on any atom is 0.307 e. The van der Waals surface area contributed by atoms with E-state index in [4.69, 9.17) is 5.11 Å². The van der Waals surface area contributed by atoms with Crippen LogP contribution in [0.2, 0.25) is 0 Å². The Balaban J connectivity index is 1.77. The smallest absolute Gasteiger partial charge is 0.307 e. The number of carboxylic acid groups (broad SMARTS) is 1. The zero-order chi connectivity index (χ0) is 15.0. The highest BCUT2D eigenvalue weighted by molar-refractivity contribution is 5.96. The third kappa shape index (κ3) is 2.61. The zero-order valence-electron chi connectivity index (χ0n) is 11.7. The van der Waals surface area contributed by atoms with Gasteiger partial charge in [0.25, 0.3) is 0 Å². The van der Waals surface area contributed by atoms with Crippen molar-refractivity contribution in [2.24, 2.45) is 11.8 Å². The number of fused-ring (bicyclic) bond motifs is 1. The molecule has 1 amide bonds. The second-order valence-corrected chi connectivity index (χ2v) is 5.53. The Bertz CT molecular complexity index is 707. The van der Waals surface area contributed by atoms with Crippen LogP contribution in [0.5, 0.6) is 0 Å². The van der Waals surface area contributed by atoms with Gasteiger partial charge in [-0.1, -0.05) is 6.42 Å². The van der Waals surface area contributed by atoms with E-state index < -0.39 is 17.8 Å². The number of hydrogen-bond donors (Lipinski definition) is 3. The number of aliphatic carboxylic acids is 1. The second kappa shape index (κ2) is 5.20. The first-order valence-electron chi connectivity index (χ1n) is 7.04. The number of rotatable bonds is 3. The van der Waals surface area contributed by atoms with E-state index in [9.17, 15) is 9.59 Å². The topological polar surface area (TPSA) is 95.1 Å². The first-order chi connectivity index (χ1) is 10.0. The average Bonchev–Trinajstić information content (AvgIpc) is 3.03. The number of carbonyl (C=O) groups excluding carboxylic acids is 1. The van der Waals surface area contributed by atoms with Crippen LogP contribution >= 0.6 is 0 Å². The molecule has 1 saturated carbocycles. The first-order valence-corrected chi connectivity index (χ1v) is 7.04. The lowest BCUT2D eigenvalue weighted by atomic mass is 9.95. The Morgan fingerprint density at radius 3 is 2.86 bits per heavy atom. The van der Waals surface area contributed by atoms with Crippen LogP contribution in [0, 0.1) is 18.8 Å². The predicted molar refractivity (Wildman–Crippen MR) is 77.9 cm³/mol. The summed E-state index contributed by atoms with van der Waals surface area (Å²) in [7, 11) is 0. The summed E-state index contributed by atoms with van der Waals surface area (Å²) >= 11 is 0. The molecular weight excluding hydrogens is 270 g/mol. The molecule has 0 unspecified atom stereocenters. The van der Waals surface area contributed by atoms with Crippen molar-refractivity contribution in [3.63, 3.8) is 0 Å². The molecule has 0 bridgehead atoms. The molecule has 6 nitrogen and oxygen atoms in total. The van der Waals surface area contributed by atoms with Gasteiger partial charge < -0.3 is 15.4 Å². The number of H-pyrrole nitrogens is 1. The van der Waals surface area contributed by atoms with E-state index >= 15 is 0 Å². The molecule has 0 radical (unpaired) electrons. The van der Waals surface area contributed by atoms with E-state index in [1.807, 2.05) is 19.1 Å². The van der Waals surface area contributed by atoms with Crippen molar-refractivity contribution in [2.45, 2.75) is 26.2 Å². The van der Waals surface area contributed by atoms with Crippen LogP contribution in [0.15, 0.2) is 18.2 Å². The number of carboxylic acids is 1. The number of anilines is 1. The van der Waals surface area contributed by atoms with Crippen molar-refractivity contribution in [1.82, 2.24) is 9.97 Å². The molecule has 1 fully saturated rings. The largest absolute Gasteiger partial charge is 0.481 e. The van der Waals surface area contributed by atoms with Crippen LogP contribution in [-0.2, 0) is 9.59 Å². The van der Waals surface area contributed by atoms with E-state index in [-0.39, 0.29) is 5.91 Å².